The van der Waals surface area contributed by atoms with Crippen LogP contribution in [-0.4, -0.2) is 39.5 Å². The number of nitrogens with zero attached hydrogens (tertiary/aromatic N) is 4. The van der Waals surface area contributed by atoms with E-state index in [1.54, 1.807) is 17.9 Å². The molecule has 2 aromatic rings. The second-order valence-corrected chi connectivity index (χ2v) is 5.28. The quantitative estimate of drug-likeness (QED) is 0.816. The Morgan fingerprint density at radius 3 is 2.76 bits per heavy atom. The van der Waals surface area contributed by atoms with E-state index in [0.717, 1.165) is 0 Å². The highest BCUT2D eigenvalue weighted by Crippen LogP contribution is 2.33. The number of hydrogen-bond donors (Lipinski definition) is 1. The van der Waals surface area contributed by atoms with Crippen LogP contribution in [0.3, 0.4) is 0 Å². The molecule has 7 heteroatoms. The van der Waals surface area contributed by atoms with Crippen molar-refractivity contribution >= 4 is 5.69 Å². The third kappa shape index (κ3) is 3.30. The highest BCUT2D eigenvalue weighted by molar-refractivity contribution is 5.77. The number of aromatic nitrogens is 4. The summed E-state index contributed by atoms with van der Waals surface area (Å²) in [5, 5.41) is 11.9. The molecule has 0 saturated carbocycles. The summed E-state index contributed by atoms with van der Waals surface area (Å²) in [6, 6.07) is 5.46. The van der Waals surface area contributed by atoms with E-state index in [0.29, 0.717) is 36.0 Å². The van der Waals surface area contributed by atoms with E-state index in [1.165, 1.54) is 0 Å². The Labute approximate surface area is 124 Å². The Hall–Kier alpha value is -2.15. The van der Waals surface area contributed by atoms with Gasteiger partial charge in [-0.1, -0.05) is 6.07 Å². The average Bonchev–Trinajstić information content (AvgIpc) is 2.85. The first-order valence-corrected chi connectivity index (χ1v) is 6.81. The topological polar surface area (TPSA) is 88.1 Å². The molecule has 0 aliphatic rings. The normalized spacial score (nSPS) is 11.6. The molecular formula is C14H21N5O2. The summed E-state index contributed by atoms with van der Waals surface area (Å²) in [5.74, 6) is 1.21. The molecule has 0 bridgehead atoms. The molecule has 0 aliphatic carbocycles. The van der Waals surface area contributed by atoms with E-state index in [-0.39, 0.29) is 5.60 Å². The van der Waals surface area contributed by atoms with E-state index in [1.807, 2.05) is 32.9 Å². The van der Waals surface area contributed by atoms with Crippen molar-refractivity contribution in [3.8, 4) is 17.1 Å². The highest BCUT2D eigenvalue weighted by Gasteiger charge is 2.24. The zero-order valence-electron chi connectivity index (χ0n) is 12.8. The lowest BCUT2D eigenvalue weighted by molar-refractivity contribution is -0.0246. The summed E-state index contributed by atoms with van der Waals surface area (Å²) in [4.78, 5) is 0. The first-order chi connectivity index (χ1) is 9.98. The number of benzene rings is 1. The number of hydrogen-bond acceptors (Lipinski definition) is 6. The van der Waals surface area contributed by atoms with Crippen LogP contribution >= 0.6 is 0 Å². The van der Waals surface area contributed by atoms with E-state index in [9.17, 15) is 0 Å². The number of ether oxygens (including phenoxy) is 2. The lowest BCUT2D eigenvalue weighted by Crippen LogP contribution is -2.31. The molecule has 0 spiro atoms. The Kier molecular flexibility index (Phi) is 4.42. The standard InChI is InChI=1S/C14H21N5O2/c1-5-21-14(2,3)9-19-13(16-17-18-19)12-10(15)7-6-8-11(12)20-4/h6-8H,5,9,15H2,1-4H3. The van der Waals surface area contributed by atoms with Crippen molar-refractivity contribution in [2.24, 2.45) is 0 Å². The summed E-state index contributed by atoms with van der Waals surface area (Å²) >= 11 is 0. The Morgan fingerprint density at radius 2 is 2.10 bits per heavy atom. The van der Waals surface area contributed by atoms with Crippen LogP contribution in [0.5, 0.6) is 5.75 Å². The minimum atomic E-state index is -0.379. The highest BCUT2D eigenvalue weighted by atomic mass is 16.5. The van der Waals surface area contributed by atoms with Gasteiger partial charge in [0.25, 0.3) is 0 Å². The molecule has 1 aromatic carbocycles. The molecule has 0 amide bonds. The molecule has 21 heavy (non-hydrogen) atoms. The molecule has 0 unspecified atom stereocenters. The van der Waals surface area contributed by atoms with E-state index >= 15 is 0 Å². The number of rotatable bonds is 6. The van der Waals surface area contributed by atoms with Crippen LogP contribution in [-0.2, 0) is 11.3 Å². The van der Waals surface area contributed by atoms with Gasteiger partial charge in [0.2, 0.25) is 0 Å². The van der Waals surface area contributed by atoms with Gasteiger partial charge in [0.1, 0.15) is 5.75 Å². The van der Waals surface area contributed by atoms with Gasteiger partial charge in [-0.15, -0.1) is 5.10 Å². The van der Waals surface area contributed by atoms with Gasteiger partial charge in [0, 0.05) is 12.3 Å². The zero-order chi connectivity index (χ0) is 15.5. The maximum absolute atomic E-state index is 6.06. The second kappa shape index (κ2) is 6.09. The fourth-order valence-electron chi connectivity index (χ4n) is 2.24. The van der Waals surface area contributed by atoms with Crippen LogP contribution in [0.15, 0.2) is 18.2 Å². The minimum absolute atomic E-state index is 0.379. The molecule has 1 heterocycles. The molecule has 0 atom stereocenters. The Bertz CT molecular complexity index is 609. The van der Waals surface area contributed by atoms with Crippen LogP contribution in [0, 0.1) is 0 Å². The number of nitrogen functional groups attached to an aromatic ring is 1. The van der Waals surface area contributed by atoms with Crippen molar-refractivity contribution < 1.29 is 9.47 Å². The lowest BCUT2D eigenvalue weighted by Gasteiger charge is -2.24. The molecule has 0 saturated heterocycles. The van der Waals surface area contributed by atoms with Gasteiger partial charge in [0.15, 0.2) is 5.82 Å². The van der Waals surface area contributed by atoms with Crippen LogP contribution in [0.1, 0.15) is 20.8 Å². The molecular weight excluding hydrogens is 270 g/mol. The Morgan fingerprint density at radius 1 is 1.33 bits per heavy atom. The van der Waals surface area contributed by atoms with Gasteiger partial charge < -0.3 is 15.2 Å². The van der Waals surface area contributed by atoms with Crippen molar-refractivity contribution in [1.29, 1.82) is 0 Å². The van der Waals surface area contributed by atoms with Gasteiger partial charge in [0.05, 0.1) is 24.8 Å². The van der Waals surface area contributed by atoms with E-state index in [4.69, 9.17) is 15.2 Å². The first-order valence-electron chi connectivity index (χ1n) is 6.81. The zero-order valence-corrected chi connectivity index (χ0v) is 12.8. The summed E-state index contributed by atoms with van der Waals surface area (Å²) in [6.07, 6.45) is 0. The van der Waals surface area contributed by atoms with Crippen LogP contribution in [0.4, 0.5) is 5.69 Å². The van der Waals surface area contributed by atoms with Crippen LogP contribution < -0.4 is 10.5 Å². The number of methoxy groups -OCH3 is 1. The third-order valence-electron chi connectivity index (χ3n) is 3.10. The fraction of sp³-hybridized carbons (Fsp3) is 0.500. The molecule has 0 aliphatic heterocycles. The molecule has 7 nitrogen and oxygen atoms in total. The minimum Gasteiger partial charge on any atom is -0.496 e. The van der Waals surface area contributed by atoms with E-state index in [2.05, 4.69) is 15.5 Å². The lowest BCUT2D eigenvalue weighted by atomic mass is 10.1. The van der Waals surface area contributed by atoms with Gasteiger partial charge >= 0.3 is 0 Å². The number of nitrogens with two attached hydrogens (primary N) is 1. The van der Waals surface area contributed by atoms with Crippen molar-refractivity contribution in [3.05, 3.63) is 18.2 Å². The maximum Gasteiger partial charge on any atom is 0.187 e. The maximum atomic E-state index is 6.06. The Balaban J connectivity index is 2.42. The average molecular weight is 291 g/mol. The van der Waals surface area contributed by atoms with Crippen molar-refractivity contribution in [3.63, 3.8) is 0 Å². The van der Waals surface area contributed by atoms with Crippen molar-refractivity contribution in [2.45, 2.75) is 32.9 Å². The molecule has 0 radical (unpaired) electrons. The summed E-state index contributed by atoms with van der Waals surface area (Å²) in [6.45, 7) is 7.09. The number of anilines is 1. The van der Waals surface area contributed by atoms with Gasteiger partial charge in [-0.2, -0.15) is 0 Å². The first kappa shape index (κ1) is 15.2. The molecule has 2 N–H and O–H groups in total. The van der Waals surface area contributed by atoms with Gasteiger partial charge in [-0.25, -0.2) is 4.68 Å². The van der Waals surface area contributed by atoms with Gasteiger partial charge in [-0.05, 0) is 43.3 Å². The number of tetrazole rings is 1. The largest absolute Gasteiger partial charge is 0.496 e. The summed E-state index contributed by atoms with van der Waals surface area (Å²) in [7, 11) is 1.59. The van der Waals surface area contributed by atoms with E-state index < -0.39 is 0 Å². The van der Waals surface area contributed by atoms with Crippen molar-refractivity contribution in [2.75, 3.05) is 19.5 Å². The second-order valence-electron chi connectivity index (χ2n) is 5.28. The SMILES string of the molecule is CCOC(C)(C)Cn1nnnc1-c1c(N)cccc1OC. The predicted molar refractivity (Wildman–Crippen MR) is 79.9 cm³/mol. The molecule has 0 fully saturated rings. The summed E-state index contributed by atoms with van der Waals surface area (Å²) in [5.41, 5.74) is 6.94. The van der Waals surface area contributed by atoms with Crippen molar-refractivity contribution in [1.82, 2.24) is 20.2 Å². The molecule has 1 aromatic heterocycles. The van der Waals surface area contributed by atoms with Crippen LogP contribution in [0.25, 0.3) is 11.4 Å². The predicted octanol–water partition coefficient (Wildman–Crippen LogP) is 1.75. The van der Waals surface area contributed by atoms with Crippen LogP contribution in [0.2, 0.25) is 0 Å². The fourth-order valence-corrected chi connectivity index (χ4v) is 2.24. The monoisotopic (exact) mass is 291 g/mol. The smallest absolute Gasteiger partial charge is 0.187 e. The summed E-state index contributed by atoms with van der Waals surface area (Å²) < 4.78 is 12.7. The third-order valence-corrected chi connectivity index (χ3v) is 3.10. The molecule has 2 rings (SSSR count). The van der Waals surface area contributed by atoms with Gasteiger partial charge in [-0.3, -0.25) is 0 Å². The molecule has 114 valence electrons.